The van der Waals surface area contributed by atoms with Crippen LogP contribution < -0.4 is 11.1 Å². The van der Waals surface area contributed by atoms with Gasteiger partial charge in [0.2, 0.25) is 0 Å². The van der Waals surface area contributed by atoms with Crippen LogP contribution in [0.3, 0.4) is 0 Å². The molecule has 0 heterocycles. The number of nitrogens with one attached hydrogen (secondary N) is 1. The standard InChI is InChI=1S/C4H11N.C2H6ClN.ClH/c1-3-5-4-2;3-1-2-4;/h5H,3-4H2,1-2H3;1-2,4H2;1H. The molecule has 0 atom stereocenters. The van der Waals surface area contributed by atoms with Gasteiger partial charge in [0.25, 0.3) is 0 Å². The highest BCUT2D eigenvalue weighted by Crippen LogP contribution is 1.60. The van der Waals surface area contributed by atoms with Crippen LogP contribution in [0, 0.1) is 0 Å². The summed E-state index contributed by atoms with van der Waals surface area (Å²) in [4.78, 5) is 0. The van der Waals surface area contributed by atoms with Crippen molar-refractivity contribution in [1.29, 1.82) is 0 Å². The highest BCUT2D eigenvalue weighted by atomic mass is 35.5. The van der Waals surface area contributed by atoms with E-state index in [0.717, 1.165) is 13.1 Å². The summed E-state index contributed by atoms with van der Waals surface area (Å²) in [7, 11) is 0. The molecule has 0 aliphatic rings. The summed E-state index contributed by atoms with van der Waals surface area (Å²) in [6.45, 7) is 6.97. The van der Waals surface area contributed by atoms with Crippen LogP contribution >= 0.6 is 24.0 Å². The van der Waals surface area contributed by atoms with E-state index in [-0.39, 0.29) is 12.4 Å². The molecule has 4 heteroatoms. The molecule has 3 N–H and O–H groups in total. The van der Waals surface area contributed by atoms with E-state index >= 15 is 0 Å². The summed E-state index contributed by atoms with van der Waals surface area (Å²) in [5.41, 5.74) is 4.90. The SMILES string of the molecule is CCNCC.Cl.NCCCl. The zero-order valence-electron chi connectivity index (χ0n) is 6.69. The zero-order valence-corrected chi connectivity index (χ0v) is 8.26. The van der Waals surface area contributed by atoms with Crippen molar-refractivity contribution in [2.45, 2.75) is 13.8 Å². The van der Waals surface area contributed by atoms with Crippen molar-refractivity contribution < 1.29 is 0 Å². The van der Waals surface area contributed by atoms with Crippen molar-refractivity contribution in [3.8, 4) is 0 Å². The van der Waals surface area contributed by atoms with E-state index in [1.165, 1.54) is 0 Å². The summed E-state index contributed by atoms with van der Waals surface area (Å²) in [6, 6.07) is 0. The second-order valence-electron chi connectivity index (χ2n) is 1.43. The lowest BCUT2D eigenvalue weighted by Crippen LogP contribution is -2.09. The van der Waals surface area contributed by atoms with E-state index in [4.69, 9.17) is 17.3 Å². The third-order valence-electron chi connectivity index (χ3n) is 0.609. The Morgan fingerprint density at radius 1 is 1.30 bits per heavy atom. The molecule has 0 unspecified atom stereocenters. The summed E-state index contributed by atoms with van der Waals surface area (Å²) in [6.07, 6.45) is 0. The van der Waals surface area contributed by atoms with Gasteiger partial charge in [-0.25, -0.2) is 0 Å². The van der Waals surface area contributed by atoms with Gasteiger partial charge in [-0.05, 0) is 13.1 Å². The van der Waals surface area contributed by atoms with Crippen molar-refractivity contribution in [3.05, 3.63) is 0 Å². The third kappa shape index (κ3) is 39.0. The van der Waals surface area contributed by atoms with Crippen molar-refractivity contribution in [1.82, 2.24) is 5.32 Å². The molecular weight excluding hydrogens is 171 g/mol. The van der Waals surface area contributed by atoms with Crippen LogP contribution in [0.15, 0.2) is 0 Å². The molecule has 0 aromatic heterocycles. The first-order chi connectivity index (χ1) is 4.33. The molecule has 0 aromatic carbocycles. The second kappa shape index (κ2) is 22.7. The van der Waals surface area contributed by atoms with Crippen LogP contribution in [0.4, 0.5) is 0 Å². The number of hydrogen-bond acceptors (Lipinski definition) is 2. The van der Waals surface area contributed by atoms with E-state index < -0.39 is 0 Å². The van der Waals surface area contributed by atoms with Crippen molar-refractivity contribution >= 4 is 24.0 Å². The minimum atomic E-state index is 0. The van der Waals surface area contributed by atoms with Gasteiger partial charge < -0.3 is 11.1 Å². The first kappa shape index (κ1) is 16.8. The highest BCUT2D eigenvalue weighted by molar-refractivity contribution is 6.18. The molecule has 0 saturated heterocycles. The van der Waals surface area contributed by atoms with Gasteiger partial charge in [-0.2, -0.15) is 0 Å². The Balaban J connectivity index is -0.0000000910. The smallest absolute Gasteiger partial charge is 0.0346 e. The first-order valence-corrected chi connectivity index (χ1v) is 3.83. The molecule has 0 aliphatic carbocycles. The number of rotatable bonds is 3. The second-order valence-corrected chi connectivity index (χ2v) is 1.81. The quantitative estimate of drug-likeness (QED) is 0.655. The largest absolute Gasteiger partial charge is 0.329 e. The average molecular weight is 189 g/mol. The lowest BCUT2D eigenvalue weighted by atomic mass is 10.7. The van der Waals surface area contributed by atoms with Crippen LogP contribution in [0.2, 0.25) is 0 Å². The van der Waals surface area contributed by atoms with E-state index in [9.17, 15) is 0 Å². The van der Waals surface area contributed by atoms with Gasteiger partial charge in [0.1, 0.15) is 0 Å². The predicted molar refractivity (Wildman–Crippen MR) is 51.2 cm³/mol. The maximum absolute atomic E-state index is 5.06. The highest BCUT2D eigenvalue weighted by Gasteiger charge is 1.62. The molecule has 0 spiro atoms. The Bertz CT molecular complexity index is 32.9. The average Bonchev–Trinajstić information content (AvgIpc) is 1.91. The fraction of sp³-hybridized carbons (Fsp3) is 1.00. The van der Waals surface area contributed by atoms with Crippen molar-refractivity contribution in [3.63, 3.8) is 0 Å². The fourth-order valence-corrected chi connectivity index (χ4v) is 0.250. The maximum atomic E-state index is 5.06. The zero-order chi connectivity index (χ0) is 7.54. The van der Waals surface area contributed by atoms with Gasteiger partial charge in [0, 0.05) is 12.4 Å². The van der Waals surface area contributed by atoms with Crippen LogP contribution in [-0.4, -0.2) is 25.5 Å². The summed E-state index contributed by atoms with van der Waals surface area (Å²) < 4.78 is 0. The Morgan fingerprint density at radius 2 is 1.60 bits per heavy atom. The molecule has 0 aromatic rings. The van der Waals surface area contributed by atoms with Crippen LogP contribution in [0.5, 0.6) is 0 Å². The molecule has 0 radical (unpaired) electrons. The molecule has 0 saturated carbocycles. The molecule has 0 rings (SSSR count). The topological polar surface area (TPSA) is 38.0 Å². The van der Waals surface area contributed by atoms with Crippen LogP contribution in [0.1, 0.15) is 13.8 Å². The lowest BCUT2D eigenvalue weighted by Gasteiger charge is -1.86. The van der Waals surface area contributed by atoms with E-state index in [0.29, 0.717) is 12.4 Å². The molecule has 0 amide bonds. The lowest BCUT2D eigenvalue weighted by molar-refractivity contribution is 0.762. The molecule has 66 valence electrons. The molecule has 0 bridgehead atoms. The van der Waals surface area contributed by atoms with Gasteiger partial charge in [0.05, 0.1) is 0 Å². The van der Waals surface area contributed by atoms with Crippen LogP contribution in [-0.2, 0) is 0 Å². The molecular formula is C6H18Cl2N2. The maximum Gasteiger partial charge on any atom is 0.0346 e. The minimum absolute atomic E-state index is 0. The van der Waals surface area contributed by atoms with Gasteiger partial charge in [0.15, 0.2) is 0 Å². The van der Waals surface area contributed by atoms with Crippen molar-refractivity contribution in [2.24, 2.45) is 5.73 Å². The third-order valence-corrected chi connectivity index (χ3v) is 0.827. The summed E-state index contributed by atoms with van der Waals surface area (Å²) in [5.74, 6) is 0.569. The minimum Gasteiger partial charge on any atom is -0.329 e. The number of nitrogens with two attached hydrogens (primary N) is 1. The molecule has 2 nitrogen and oxygen atoms in total. The van der Waals surface area contributed by atoms with E-state index in [1.807, 2.05) is 0 Å². The van der Waals surface area contributed by atoms with Gasteiger partial charge in [-0.1, -0.05) is 13.8 Å². The van der Waals surface area contributed by atoms with E-state index in [2.05, 4.69) is 19.2 Å². The summed E-state index contributed by atoms with van der Waals surface area (Å²) >= 11 is 5.06. The van der Waals surface area contributed by atoms with Crippen LogP contribution in [0.25, 0.3) is 0 Å². The van der Waals surface area contributed by atoms with E-state index in [1.54, 1.807) is 0 Å². The number of hydrogen-bond donors (Lipinski definition) is 2. The Kier molecular flexibility index (Phi) is 38.2. The monoisotopic (exact) mass is 188 g/mol. The Morgan fingerprint density at radius 3 is 1.60 bits per heavy atom. The van der Waals surface area contributed by atoms with Crippen molar-refractivity contribution in [2.75, 3.05) is 25.5 Å². The van der Waals surface area contributed by atoms with Gasteiger partial charge in [-0.3, -0.25) is 0 Å². The first-order valence-electron chi connectivity index (χ1n) is 3.30. The number of halogens is 2. The van der Waals surface area contributed by atoms with Gasteiger partial charge >= 0.3 is 0 Å². The van der Waals surface area contributed by atoms with Gasteiger partial charge in [-0.15, -0.1) is 24.0 Å². The predicted octanol–water partition coefficient (Wildman–Crippen LogP) is 1.22. The molecule has 10 heavy (non-hydrogen) atoms. The Hall–Kier alpha value is 0.500. The fourth-order valence-electron chi connectivity index (χ4n) is 0.250. The molecule has 0 aliphatic heterocycles. The Labute approximate surface area is 74.9 Å². The summed E-state index contributed by atoms with van der Waals surface area (Å²) in [5, 5.41) is 3.11. The molecule has 0 fully saturated rings. The normalized spacial score (nSPS) is 7.20. The number of alkyl halides is 1.